The Morgan fingerprint density at radius 1 is 1.21 bits per heavy atom. The molecule has 4 rings (SSSR count). The summed E-state index contributed by atoms with van der Waals surface area (Å²) in [6.45, 7) is 2.03. The highest BCUT2D eigenvalue weighted by atomic mass is 16.3. The molecule has 2 aromatic heterocycles. The Labute approximate surface area is 162 Å². The van der Waals surface area contributed by atoms with Gasteiger partial charge in [-0.3, -0.25) is 14.6 Å². The largest absolute Gasteiger partial charge is 0.448 e. The van der Waals surface area contributed by atoms with Gasteiger partial charge in [0.15, 0.2) is 11.6 Å². The number of nitrogens with zero attached hydrogens (tertiary/aromatic N) is 3. The fourth-order valence-electron chi connectivity index (χ4n) is 3.32. The van der Waals surface area contributed by atoms with Crippen molar-refractivity contribution in [1.29, 1.82) is 0 Å². The first-order chi connectivity index (χ1) is 13.5. The third-order valence-electron chi connectivity index (χ3n) is 4.86. The van der Waals surface area contributed by atoms with Crippen molar-refractivity contribution in [3.05, 3.63) is 65.6 Å². The molecule has 0 radical (unpaired) electrons. The summed E-state index contributed by atoms with van der Waals surface area (Å²) in [6.07, 6.45) is 6.13. The lowest BCUT2D eigenvalue weighted by atomic mass is 9.96. The number of carbonyl (C=O) groups excluding carboxylic acids is 2. The monoisotopic (exact) mass is 376 g/mol. The minimum Gasteiger partial charge on any atom is -0.448 e. The number of fused-ring (bicyclic) bond motifs is 1. The van der Waals surface area contributed by atoms with Crippen LogP contribution in [0.4, 0.5) is 5.69 Å². The highest BCUT2D eigenvalue weighted by molar-refractivity contribution is 5.96. The zero-order chi connectivity index (χ0) is 19.7. The fraction of sp³-hybridized carbons (Fsp3) is 0.238. The van der Waals surface area contributed by atoms with Crippen LogP contribution in [0.3, 0.4) is 0 Å². The van der Waals surface area contributed by atoms with Crippen molar-refractivity contribution < 1.29 is 14.0 Å². The maximum Gasteiger partial charge on any atom is 0.273 e. The van der Waals surface area contributed by atoms with E-state index in [-0.39, 0.29) is 17.5 Å². The van der Waals surface area contributed by atoms with Gasteiger partial charge < -0.3 is 14.6 Å². The van der Waals surface area contributed by atoms with Gasteiger partial charge in [-0.1, -0.05) is 6.07 Å². The number of hydrogen-bond donors (Lipinski definition) is 1. The molecule has 1 aromatic carbocycles. The number of nitrogens with one attached hydrogen (secondary N) is 1. The van der Waals surface area contributed by atoms with Gasteiger partial charge in [0, 0.05) is 50.6 Å². The summed E-state index contributed by atoms with van der Waals surface area (Å²) in [5.41, 5.74) is 5.26. The van der Waals surface area contributed by atoms with E-state index in [1.165, 1.54) is 6.26 Å². The smallest absolute Gasteiger partial charge is 0.273 e. The van der Waals surface area contributed by atoms with Crippen LogP contribution in [0, 0.1) is 6.92 Å². The van der Waals surface area contributed by atoms with Gasteiger partial charge in [-0.05, 0) is 41.3 Å². The van der Waals surface area contributed by atoms with Crippen molar-refractivity contribution in [2.24, 2.45) is 0 Å². The third-order valence-corrected chi connectivity index (χ3v) is 4.86. The lowest BCUT2D eigenvalue weighted by molar-refractivity contribution is -0.118. The average Bonchev–Trinajstić information content (AvgIpc) is 3.15. The van der Waals surface area contributed by atoms with Crippen molar-refractivity contribution in [3.8, 4) is 11.1 Å². The second-order valence-electron chi connectivity index (χ2n) is 6.81. The van der Waals surface area contributed by atoms with Gasteiger partial charge in [0.25, 0.3) is 5.91 Å². The molecule has 1 N–H and O–H groups in total. The van der Waals surface area contributed by atoms with E-state index < -0.39 is 0 Å². The summed E-state index contributed by atoms with van der Waals surface area (Å²) in [5, 5.41) is 2.82. The molecule has 0 atom stereocenters. The molecule has 2 amide bonds. The number of anilines is 1. The number of pyridine rings is 1. The minimum absolute atomic E-state index is 0.141. The van der Waals surface area contributed by atoms with Gasteiger partial charge in [0.1, 0.15) is 6.26 Å². The van der Waals surface area contributed by atoms with Gasteiger partial charge in [0.2, 0.25) is 5.91 Å². The Morgan fingerprint density at radius 2 is 2.07 bits per heavy atom. The maximum absolute atomic E-state index is 12.1. The summed E-state index contributed by atoms with van der Waals surface area (Å²) >= 11 is 0. The van der Waals surface area contributed by atoms with Crippen LogP contribution >= 0.6 is 0 Å². The Kier molecular flexibility index (Phi) is 4.65. The highest BCUT2D eigenvalue weighted by Gasteiger charge is 2.21. The van der Waals surface area contributed by atoms with Crippen LogP contribution in [0.1, 0.15) is 33.9 Å². The van der Waals surface area contributed by atoms with Crippen LogP contribution in [0.15, 0.2) is 47.3 Å². The number of aromatic nitrogens is 2. The molecule has 3 aromatic rings. The van der Waals surface area contributed by atoms with Gasteiger partial charge in [-0.15, -0.1) is 0 Å². The van der Waals surface area contributed by atoms with Crippen LogP contribution in [0.5, 0.6) is 0 Å². The second-order valence-corrected chi connectivity index (χ2v) is 6.81. The van der Waals surface area contributed by atoms with Crippen LogP contribution in [0.2, 0.25) is 0 Å². The normalized spacial score (nSPS) is 13.4. The predicted molar refractivity (Wildman–Crippen MR) is 104 cm³/mol. The van der Waals surface area contributed by atoms with Crippen molar-refractivity contribution >= 4 is 17.5 Å². The molecule has 0 aliphatic carbocycles. The Bertz CT molecular complexity index is 1060. The van der Waals surface area contributed by atoms with E-state index in [2.05, 4.69) is 21.4 Å². The number of amides is 2. The van der Waals surface area contributed by atoms with Crippen LogP contribution in [-0.4, -0.2) is 28.8 Å². The number of aryl methyl sites for hydroxylation is 2. The lowest BCUT2D eigenvalue weighted by Gasteiger charge is -2.26. The van der Waals surface area contributed by atoms with Crippen molar-refractivity contribution in [2.75, 3.05) is 11.9 Å². The van der Waals surface area contributed by atoms with Gasteiger partial charge in [-0.25, -0.2) is 4.98 Å². The second kappa shape index (κ2) is 7.26. The molecule has 1 aliphatic heterocycles. The molecule has 0 saturated heterocycles. The molecule has 142 valence electrons. The Hall–Kier alpha value is -3.48. The summed E-state index contributed by atoms with van der Waals surface area (Å²) in [6, 6.07) is 8.07. The van der Waals surface area contributed by atoms with Crippen molar-refractivity contribution in [3.63, 3.8) is 0 Å². The van der Waals surface area contributed by atoms with Gasteiger partial charge in [0.05, 0.1) is 0 Å². The Morgan fingerprint density at radius 3 is 2.86 bits per heavy atom. The lowest BCUT2D eigenvalue weighted by Crippen LogP contribution is -2.30. The maximum atomic E-state index is 12.1. The molecule has 0 bridgehead atoms. The predicted octanol–water partition coefficient (Wildman–Crippen LogP) is 2.88. The minimum atomic E-state index is -0.288. The first-order valence-electron chi connectivity index (χ1n) is 9.05. The van der Waals surface area contributed by atoms with E-state index in [1.807, 2.05) is 18.2 Å². The van der Waals surface area contributed by atoms with Crippen LogP contribution in [-0.2, 0) is 17.8 Å². The zero-order valence-electron chi connectivity index (χ0n) is 15.7. The molecule has 1 aliphatic rings. The molecule has 7 nitrogen and oxygen atoms in total. The molecule has 0 saturated carbocycles. The topological polar surface area (TPSA) is 88.3 Å². The Balaban J connectivity index is 1.51. The van der Waals surface area contributed by atoms with E-state index in [1.54, 1.807) is 31.3 Å². The average molecular weight is 376 g/mol. The molecule has 0 unspecified atom stereocenters. The molecular formula is C21H20N4O3. The summed E-state index contributed by atoms with van der Waals surface area (Å²) in [5.74, 6) is 0.305. The third kappa shape index (κ3) is 3.51. The molecule has 7 heteroatoms. The number of rotatable bonds is 4. The van der Waals surface area contributed by atoms with Crippen molar-refractivity contribution in [2.45, 2.75) is 26.3 Å². The van der Waals surface area contributed by atoms with E-state index in [0.717, 1.165) is 34.4 Å². The molecule has 28 heavy (non-hydrogen) atoms. The van der Waals surface area contributed by atoms with E-state index in [0.29, 0.717) is 18.9 Å². The van der Waals surface area contributed by atoms with E-state index in [4.69, 9.17) is 4.42 Å². The molecule has 0 spiro atoms. The molecule has 3 heterocycles. The van der Waals surface area contributed by atoms with Crippen molar-refractivity contribution in [1.82, 2.24) is 15.3 Å². The summed E-state index contributed by atoms with van der Waals surface area (Å²) < 4.78 is 5.07. The summed E-state index contributed by atoms with van der Waals surface area (Å²) in [7, 11) is 1.81. The van der Waals surface area contributed by atoms with Crippen LogP contribution < -0.4 is 10.2 Å². The SMILES string of the molecule is Cc1nc(C(=O)NCc2cncc(-c3ccc4c(c3)CCC(=O)N4C)c2)co1. The van der Waals surface area contributed by atoms with Crippen LogP contribution in [0.25, 0.3) is 11.1 Å². The number of oxazole rings is 1. The standard InChI is InChI=1S/C21H20N4O3/c1-13-24-18(12-28-13)21(27)23-10-14-7-17(11-22-9-14)15-3-5-19-16(8-15)4-6-20(26)25(19)2/h3,5,7-9,11-12H,4,6,10H2,1-2H3,(H,23,27). The quantitative estimate of drug-likeness (QED) is 0.756. The fourth-order valence-corrected chi connectivity index (χ4v) is 3.32. The number of benzene rings is 1. The molecule has 0 fully saturated rings. The zero-order valence-corrected chi connectivity index (χ0v) is 15.7. The first kappa shape index (κ1) is 17.9. The van der Waals surface area contributed by atoms with Gasteiger partial charge >= 0.3 is 0 Å². The van der Waals surface area contributed by atoms with E-state index >= 15 is 0 Å². The van der Waals surface area contributed by atoms with E-state index in [9.17, 15) is 9.59 Å². The first-order valence-corrected chi connectivity index (χ1v) is 9.05. The van der Waals surface area contributed by atoms with Gasteiger partial charge in [-0.2, -0.15) is 0 Å². The number of carbonyl (C=O) groups is 2. The molecular weight excluding hydrogens is 356 g/mol. The highest BCUT2D eigenvalue weighted by Crippen LogP contribution is 2.31. The number of hydrogen-bond acceptors (Lipinski definition) is 5. The summed E-state index contributed by atoms with van der Waals surface area (Å²) in [4.78, 5) is 34.0.